The topological polar surface area (TPSA) is 25.8 Å². The molecule has 0 radical (unpaired) electrons. The largest absolute Gasteiger partial charge is 0.228 e. The molecular weight excluding hydrogens is 689 g/mol. The highest BCUT2D eigenvalue weighted by Crippen LogP contribution is 2.55. The molecule has 0 atom stereocenters. The Kier molecular flexibility index (Phi) is 7.55. The molecule has 0 saturated carbocycles. The highest BCUT2D eigenvalue weighted by atomic mass is 14.9. The minimum atomic E-state index is -0.120. The van der Waals surface area contributed by atoms with Crippen LogP contribution in [0.25, 0.3) is 99.6 Å². The minimum absolute atomic E-state index is 0.120. The predicted molar refractivity (Wildman–Crippen MR) is 239 cm³/mol. The maximum absolute atomic E-state index is 5.41. The third-order valence-corrected chi connectivity index (χ3v) is 12.1. The Morgan fingerprint density at radius 3 is 1.72 bits per heavy atom. The highest BCUT2D eigenvalue weighted by Gasteiger charge is 2.38. The quantitative estimate of drug-likeness (QED) is 0.176. The van der Waals surface area contributed by atoms with Gasteiger partial charge in [0, 0.05) is 22.1 Å². The summed E-state index contributed by atoms with van der Waals surface area (Å²) >= 11 is 0. The molecule has 1 heterocycles. The number of hydrogen-bond acceptors (Lipinski definition) is 2. The summed E-state index contributed by atoms with van der Waals surface area (Å²) in [6, 6.07) is 70.0. The van der Waals surface area contributed by atoms with Crippen LogP contribution >= 0.6 is 0 Å². The van der Waals surface area contributed by atoms with E-state index in [1.54, 1.807) is 0 Å². The van der Waals surface area contributed by atoms with E-state index >= 15 is 0 Å². The van der Waals surface area contributed by atoms with Crippen molar-refractivity contribution in [2.24, 2.45) is 0 Å². The van der Waals surface area contributed by atoms with Gasteiger partial charge in [0.2, 0.25) is 0 Å². The van der Waals surface area contributed by atoms with Gasteiger partial charge >= 0.3 is 0 Å². The van der Waals surface area contributed by atoms with Crippen molar-refractivity contribution in [3.63, 3.8) is 0 Å². The summed E-state index contributed by atoms with van der Waals surface area (Å²) in [6.45, 7) is 4.73. The molecule has 0 amide bonds. The van der Waals surface area contributed by atoms with Crippen molar-refractivity contribution in [2.75, 3.05) is 0 Å². The van der Waals surface area contributed by atoms with E-state index in [-0.39, 0.29) is 5.41 Å². The SMILES string of the molecule is CC1(C)c2cccc(-c3ccc(-c4nc(-c5cccc(-c6ccccc6)c5)cc(-c5cccc6ccccc56)n4)c4ccccc34)c2-c2c1ccc1ccccc21. The summed E-state index contributed by atoms with van der Waals surface area (Å²) in [6.07, 6.45) is 0. The molecule has 10 aromatic rings. The molecule has 57 heavy (non-hydrogen) atoms. The van der Waals surface area contributed by atoms with Crippen LogP contribution in [0, 0.1) is 0 Å². The molecule has 2 nitrogen and oxygen atoms in total. The Balaban J connectivity index is 1.14. The van der Waals surface area contributed by atoms with E-state index in [1.165, 1.54) is 65.9 Å². The molecule has 1 aliphatic rings. The molecule has 0 saturated heterocycles. The molecule has 0 spiro atoms. The first-order valence-corrected chi connectivity index (χ1v) is 19.7. The van der Waals surface area contributed by atoms with Crippen LogP contribution in [0.5, 0.6) is 0 Å². The molecule has 0 bridgehead atoms. The van der Waals surface area contributed by atoms with Crippen LogP contribution in [0.2, 0.25) is 0 Å². The molecule has 1 aliphatic carbocycles. The van der Waals surface area contributed by atoms with Crippen LogP contribution in [-0.2, 0) is 5.41 Å². The summed E-state index contributed by atoms with van der Waals surface area (Å²) in [5.41, 5.74) is 15.1. The Morgan fingerprint density at radius 2 is 0.895 bits per heavy atom. The van der Waals surface area contributed by atoms with Crippen LogP contribution < -0.4 is 0 Å². The first kappa shape index (κ1) is 33.2. The predicted octanol–water partition coefficient (Wildman–Crippen LogP) is 14.6. The van der Waals surface area contributed by atoms with Crippen molar-refractivity contribution in [1.29, 1.82) is 0 Å². The third kappa shape index (κ3) is 5.33. The Bertz CT molecular complexity index is 3210. The average Bonchev–Trinajstić information content (AvgIpc) is 3.52. The normalized spacial score (nSPS) is 12.9. The summed E-state index contributed by atoms with van der Waals surface area (Å²) in [7, 11) is 0. The number of benzene rings is 9. The van der Waals surface area contributed by atoms with Gasteiger partial charge in [-0.15, -0.1) is 0 Å². The van der Waals surface area contributed by atoms with E-state index in [1.807, 2.05) is 0 Å². The van der Waals surface area contributed by atoms with Gasteiger partial charge in [-0.25, -0.2) is 9.97 Å². The van der Waals surface area contributed by atoms with Crippen molar-refractivity contribution in [3.8, 4) is 67.3 Å². The Morgan fingerprint density at radius 1 is 0.333 bits per heavy atom. The molecule has 2 heteroatoms. The average molecular weight is 727 g/mol. The molecule has 0 aliphatic heterocycles. The fourth-order valence-corrected chi connectivity index (χ4v) is 9.29. The van der Waals surface area contributed by atoms with Crippen molar-refractivity contribution in [2.45, 2.75) is 19.3 Å². The summed E-state index contributed by atoms with van der Waals surface area (Å²) in [5, 5.41) is 7.23. The number of hydrogen-bond donors (Lipinski definition) is 0. The van der Waals surface area contributed by atoms with Crippen LogP contribution in [0.1, 0.15) is 25.0 Å². The maximum atomic E-state index is 5.41. The lowest BCUT2D eigenvalue weighted by molar-refractivity contribution is 0.661. The van der Waals surface area contributed by atoms with Gasteiger partial charge < -0.3 is 0 Å². The van der Waals surface area contributed by atoms with E-state index in [9.17, 15) is 0 Å². The van der Waals surface area contributed by atoms with Crippen molar-refractivity contribution in [1.82, 2.24) is 9.97 Å². The van der Waals surface area contributed by atoms with Crippen LogP contribution in [0.15, 0.2) is 194 Å². The number of nitrogens with zero attached hydrogens (tertiary/aromatic N) is 2. The lowest BCUT2D eigenvalue weighted by atomic mass is 9.81. The summed E-state index contributed by atoms with van der Waals surface area (Å²) < 4.78 is 0. The standard InChI is InChI=1S/C55H38N2/c1-55(2)48-28-14-27-46(53(48)52-41-23-9-7-18-37(41)29-32-49(52)55)44-30-31-47(43-25-11-10-24-42(43)44)54-56-50(39-21-12-20-38(33-39)35-15-4-3-5-16-35)34-51(57-54)45-26-13-19-36-17-6-8-22-40(36)45/h3-34H,1-2H3. The fourth-order valence-electron chi connectivity index (χ4n) is 9.29. The van der Waals surface area contributed by atoms with Gasteiger partial charge in [0.15, 0.2) is 5.82 Å². The lowest BCUT2D eigenvalue weighted by Crippen LogP contribution is -2.14. The van der Waals surface area contributed by atoms with E-state index in [2.05, 4.69) is 208 Å². The first-order valence-electron chi connectivity index (χ1n) is 19.7. The molecule has 0 N–H and O–H groups in total. The van der Waals surface area contributed by atoms with Crippen LogP contribution in [0.3, 0.4) is 0 Å². The fraction of sp³-hybridized carbons (Fsp3) is 0.0545. The molecule has 0 unspecified atom stereocenters. The zero-order valence-electron chi connectivity index (χ0n) is 31.9. The molecule has 9 aromatic carbocycles. The van der Waals surface area contributed by atoms with Gasteiger partial charge in [0.25, 0.3) is 0 Å². The molecule has 11 rings (SSSR count). The van der Waals surface area contributed by atoms with Crippen molar-refractivity contribution in [3.05, 3.63) is 205 Å². The highest BCUT2D eigenvalue weighted by molar-refractivity contribution is 6.11. The maximum Gasteiger partial charge on any atom is 0.161 e. The second-order valence-corrected chi connectivity index (χ2v) is 15.7. The summed E-state index contributed by atoms with van der Waals surface area (Å²) in [4.78, 5) is 10.8. The van der Waals surface area contributed by atoms with Gasteiger partial charge in [0.1, 0.15) is 0 Å². The molecule has 268 valence electrons. The smallest absolute Gasteiger partial charge is 0.161 e. The first-order chi connectivity index (χ1) is 28.0. The second kappa shape index (κ2) is 13.0. The van der Waals surface area contributed by atoms with E-state index < -0.39 is 0 Å². The summed E-state index contributed by atoms with van der Waals surface area (Å²) in [5.74, 6) is 0.707. The zero-order valence-corrected chi connectivity index (χ0v) is 31.9. The second-order valence-electron chi connectivity index (χ2n) is 15.7. The van der Waals surface area contributed by atoms with Gasteiger partial charge in [-0.1, -0.05) is 190 Å². The van der Waals surface area contributed by atoms with Crippen molar-refractivity contribution < 1.29 is 0 Å². The molecule has 0 fully saturated rings. The third-order valence-electron chi connectivity index (χ3n) is 12.1. The molecular formula is C55H38N2. The van der Waals surface area contributed by atoms with Gasteiger partial charge in [-0.2, -0.15) is 0 Å². The van der Waals surface area contributed by atoms with E-state index in [0.717, 1.165) is 39.0 Å². The molecule has 1 aromatic heterocycles. The monoisotopic (exact) mass is 726 g/mol. The zero-order chi connectivity index (χ0) is 38.1. The Hall–Kier alpha value is -7.16. The van der Waals surface area contributed by atoms with E-state index in [0.29, 0.717) is 5.82 Å². The van der Waals surface area contributed by atoms with Gasteiger partial charge in [0.05, 0.1) is 11.4 Å². The number of rotatable bonds is 5. The number of fused-ring (bicyclic) bond motifs is 7. The van der Waals surface area contributed by atoms with E-state index in [4.69, 9.17) is 9.97 Å². The van der Waals surface area contributed by atoms with Gasteiger partial charge in [-0.05, 0) is 95.0 Å². The van der Waals surface area contributed by atoms with Crippen LogP contribution in [0.4, 0.5) is 0 Å². The van der Waals surface area contributed by atoms with Crippen LogP contribution in [-0.4, -0.2) is 9.97 Å². The van der Waals surface area contributed by atoms with Crippen molar-refractivity contribution >= 4 is 32.3 Å². The Labute approximate surface area is 332 Å². The van der Waals surface area contributed by atoms with Gasteiger partial charge in [-0.3, -0.25) is 0 Å². The number of aromatic nitrogens is 2. The lowest BCUT2D eigenvalue weighted by Gasteiger charge is -2.22. The minimum Gasteiger partial charge on any atom is -0.228 e.